The summed E-state index contributed by atoms with van der Waals surface area (Å²) in [4.78, 5) is 29.4. The van der Waals surface area contributed by atoms with Gasteiger partial charge in [0.2, 0.25) is 0 Å². The molecule has 1 aliphatic rings. The summed E-state index contributed by atoms with van der Waals surface area (Å²) in [6.45, 7) is 8.17. The van der Waals surface area contributed by atoms with Gasteiger partial charge in [-0.2, -0.15) is 0 Å². The predicted molar refractivity (Wildman–Crippen MR) is 155 cm³/mol. The maximum absolute atomic E-state index is 13.5. The Morgan fingerprint density at radius 2 is 1.73 bits per heavy atom. The highest BCUT2D eigenvalue weighted by molar-refractivity contribution is 6.34. The fourth-order valence-corrected chi connectivity index (χ4v) is 5.02. The number of ether oxygens (including phenoxy) is 2. The molecule has 208 valence electrons. The van der Waals surface area contributed by atoms with E-state index in [1.54, 1.807) is 30.3 Å². The van der Waals surface area contributed by atoms with Crippen LogP contribution in [0.5, 0.6) is 11.5 Å². The molecular formula is C31H32ClN3O5. The van der Waals surface area contributed by atoms with E-state index >= 15 is 0 Å². The molecule has 0 saturated carbocycles. The number of fused-ring (bicyclic) bond motifs is 2. The number of H-pyrrole nitrogens is 1. The summed E-state index contributed by atoms with van der Waals surface area (Å²) in [6.07, 6.45) is 0.685. The molecule has 2 heterocycles. The van der Waals surface area contributed by atoms with E-state index in [0.29, 0.717) is 41.4 Å². The molecule has 4 N–H and O–H groups in total. The molecule has 0 bridgehead atoms. The number of carbonyl (C=O) groups is 2. The van der Waals surface area contributed by atoms with Crippen molar-refractivity contribution >= 4 is 34.3 Å². The molecule has 2 amide bonds. The SMILES string of the molecule is CC(c1c[nH]c2ccccc12)[C@@H](O)NC(=O)c1cc(-c2ccc(C(=O)NC(C)(C)C)c(Cl)c2)cc2c1OCCO2. The van der Waals surface area contributed by atoms with Crippen molar-refractivity contribution in [3.05, 3.63) is 82.5 Å². The van der Waals surface area contributed by atoms with Crippen molar-refractivity contribution in [2.75, 3.05) is 13.2 Å². The van der Waals surface area contributed by atoms with Gasteiger partial charge in [0.05, 0.1) is 16.1 Å². The molecule has 0 aliphatic carbocycles. The lowest BCUT2D eigenvalue weighted by molar-refractivity contribution is 0.0719. The van der Waals surface area contributed by atoms with Crippen LogP contribution in [0.15, 0.2) is 60.8 Å². The summed E-state index contributed by atoms with van der Waals surface area (Å²) < 4.78 is 11.6. The number of hydrogen-bond acceptors (Lipinski definition) is 5. The first-order valence-corrected chi connectivity index (χ1v) is 13.5. The average Bonchev–Trinajstić information content (AvgIpc) is 3.35. The van der Waals surface area contributed by atoms with Crippen molar-refractivity contribution in [1.82, 2.24) is 15.6 Å². The van der Waals surface area contributed by atoms with Crippen LogP contribution in [-0.4, -0.2) is 46.9 Å². The minimum absolute atomic E-state index is 0.225. The minimum atomic E-state index is -1.16. The summed E-state index contributed by atoms with van der Waals surface area (Å²) in [5.41, 5.74) is 3.36. The average molecular weight is 562 g/mol. The smallest absolute Gasteiger partial charge is 0.257 e. The number of aliphatic hydroxyl groups excluding tert-OH is 1. The molecule has 5 rings (SSSR count). The van der Waals surface area contributed by atoms with Crippen molar-refractivity contribution in [3.63, 3.8) is 0 Å². The molecule has 0 saturated heterocycles. The second-order valence-corrected chi connectivity index (χ2v) is 11.4. The van der Waals surface area contributed by atoms with Crippen LogP contribution < -0.4 is 20.1 Å². The van der Waals surface area contributed by atoms with E-state index in [2.05, 4.69) is 15.6 Å². The largest absolute Gasteiger partial charge is 0.486 e. The van der Waals surface area contributed by atoms with Crippen LogP contribution in [0.3, 0.4) is 0 Å². The number of amides is 2. The molecule has 0 radical (unpaired) electrons. The van der Waals surface area contributed by atoms with Gasteiger partial charge in [-0.1, -0.05) is 42.8 Å². The van der Waals surface area contributed by atoms with Crippen molar-refractivity contribution in [2.45, 2.75) is 45.4 Å². The number of nitrogens with one attached hydrogen (secondary N) is 3. The number of benzene rings is 3. The predicted octanol–water partition coefficient (Wildman–Crippen LogP) is 5.64. The Balaban J connectivity index is 1.43. The fourth-order valence-electron chi connectivity index (χ4n) is 4.75. The first kappa shape index (κ1) is 27.6. The lowest BCUT2D eigenvalue weighted by Gasteiger charge is -2.24. The standard InChI is InChI=1S/C31H32ClN3O5/c1-17(23-16-33-25-8-6-5-7-20(23)25)28(36)34-29(37)22-13-19(15-26-27(22)40-12-11-39-26)18-9-10-21(24(32)14-18)30(38)35-31(2,3)4/h5-10,13-17,28,33,36H,11-12H2,1-4H3,(H,34,37)(H,35,38)/t17?,28-/m1/s1. The van der Waals surface area contributed by atoms with Crippen molar-refractivity contribution in [1.29, 1.82) is 0 Å². The van der Waals surface area contributed by atoms with E-state index in [1.165, 1.54) is 0 Å². The van der Waals surface area contributed by atoms with E-state index in [0.717, 1.165) is 16.5 Å². The number of aliphatic hydroxyl groups is 1. The number of carbonyl (C=O) groups excluding carboxylic acids is 2. The third-order valence-electron chi connectivity index (χ3n) is 6.79. The Kier molecular flexibility index (Phi) is 7.49. The molecule has 3 aromatic carbocycles. The van der Waals surface area contributed by atoms with E-state index in [9.17, 15) is 14.7 Å². The normalized spacial score (nSPS) is 14.4. The fraction of sp³-hybridized carbons (Fsp3) is 0.290. The van der Waals surface area contributed by atoms with Gasteiger partial charge in [-0.3, -0.25) is 9.59 Å². The van der Waals surface area contributed by atoms with Crippen LogP contribution in [0.2, 0.25) is 5.02 Å². The lowest BCUT2D eigenvalue weighted by atomic mass is 9.97. The van der Waals surface area contributed by atoms with Gasteiger partial charge in [-0.05, 0) is 67.8 Å². The van der Waals surface area contributed by atoms with Gasteiger partial charge in [0.15, 0.2) is 11.5 Å². The Labute approximate surface area is 237 Å². The Bertz CT molecular complexity index is 1590. The zero-order chi connectivity index (χ0) is 28.6. The number of aromatic amines is 1. The van der Waals surface area contributed by atoms with Crippen LogP contribution in [0.4, 0.5) is 0 Å². The summed E-state index contributed by atoms with van der Waals surface area (Å²) >= 11 is 6.51. The van der Waals surface area contributed by atoms with E-state index in [1.807, 2.05) is 58.2 Å². The molecule has 1 aromatic heterocycles. The van der Waals surface area contributed by atoms with Gasteiger partial charge in [0.25, 0.3) is 11.8 Å². The number of para-hydroxylation sites is 1. The highest BCUT2D eigenvalue weighted by atomic mass is 35.5. The summed E-state index contributed by atoms with van der Waals surface area (Å²) in [5, 5.41) is 17.9. The third-order valence-corrected chi connectivity index (χ3v) is 7.10. The van der Waals surface area contributed by atoms with Crippen LogP contribution >= 0.6 is 11.6 Å². The van der Waals surface area contributed by atoms with Crippen molar-refractivity contribution < 1.29 is 24.2 Å². The molecule has 9 heteroatoms. The van der Waals surface area contributed by atoms with Crippen LogP contribution in [0, 0.1) is 0 Å². The molecular weight excluding hydrogens is 530 g/mol. The highest BCUT2D eigenvalue weighted by Gasteiger charge is 2.27. The third kappa shape index (κ3) is 5.64. The molecule has 0 fully saturated rings. The molecule has 4 aromatic rings. The molecule has 2 atom stereocenters. The maximum atomic E-state index is 13.5. The summed E-state index contributed by atoms with van der Waals surface area (Å²) in [5.74, 6) is -0.438. The van der Waals surface area contributed by atoms with E-state index < -0.39 is 17.7 Å². The second-order valence-electron chi connectivity index (χ2n) is 10.9. The number of hydrogen-bond donors (Lipinski definition) is 4. The summed E-state index contributed by atoms with van der Waals surface area (Å²) in [6, 6.07) is 16.4. The number of rotatable bonds is 6. The first-order valence-electron chi connectivity index (χ1n) is 13.1. The highest BCUT2D eigenvalue weighted by Crippen LogP contribution is 2.39. The molecule has 1 aliphatic heterocycles. The van der Waals surface area contributed by atoms with Gasteiger partial charge >= 0.3 is 0 Å². The number of halogens is 1. The molecule has 0 spiro atoms. The van der Waals surface area contributed by atoms with Gasteiger partial charge in [-0.25, -0.2) is 0 Å². The Morgan fingerprint density at radius 3 is 2.48 bits per heavy atom. The molecule has 1 unspecified atom stereocenters. The second kappa shape index (κ2) is 10.9. The molecule has 40 heavy (non-hydrogen) atoms. The van der Waals surface area contributed by atoms with Gasteiger partial charge < -0.3 is 30.2 Å². The Hall–Kier alpha value is -4.01. The van der Waals surface area contributed by atoms with Gasteiger partial charge in [-0.15, -0.1) is 0 Å². The van der Waals surface area contributed by atoms with Gasteiger partial charge in [0, 0.05) is 28.6 Å². The van der Waals surface area contributed by atoms with Crippen molar-refractivity contribution in [3.8, 4) is 22.6 Å². The topological polar surface area (TPSA) is 113 Å². The minimum Gasteiger partial charge on any atom is -0.486 e. The van der Waals surface area contributed by atoms with Crippen LogP contribution in [-0.2, 0) is 0 Å². The van der Waals surface area contributed by atoms with E-state index in [4.69, 9.17) is 21.1 Å². The maximum Gasteiger partial charge on any atom is 0.257 e. The zero-order valence-electron chi connectivity index (χ0n) is 22.8. The lowest BCUT2D eigenvalue weighted by Crippen LogP contribution is -2.40. The van der Waals surface area contributed by atoms with Gasteiger partial charge in [0.1, 0.15) is 19.4 Å². The first-order chi connectivity index (χ1) is 19.0. The molecule has 8 nitrogen and oxygen atoms in total. The van der Waals surface area contributed by atoms with Crippen LogP contribution in [0.1, 0.15) is 59.9 Å². The quantitative estimate of drug-likeness (QED) is 0.228. The monoisotopic (exact) mass is 561 g/mol. The summed E-state index contributed by atoms with van der Waals surface area (Å²) in [7, 11) is 0. The van der Waals surface area contributed by atoms with E-state index in [-0.39, 0.29) is 22.4 Å². The zero-order valence-corrected chi connectivity index (χ0v) is 23.6. The number of aromatic nitrogens is 1. The Morgan fingerprint density at radius 1 is 0.975 bits per heavy atom. The van der Waals surface area contributed by atoms with Crippen LogP contribution in [0.25, 0.3) is 22.0 Å². The van der Waals surface area contributed by atoms with Crippen molar-refractivity contribution in [2.24, 2.45) is 0 Å².